The van der Waals surface area contributed by atoms with Crippen molar-refractivity contribution < 1.29 is 31.1 Å². The molecule has 11 heteroatoms. The first kappa shape index (κ1) is 23.8. The van der Waals surface area contributed by atoms with Crippen LogP contribution in [0.3, 0.4) is 0 Å². The van der Waals surface area contributed by atoms with Crippen molar-refractivity contribution in [3.63, 3.8) is 0 Å². The van der Waals surface area contributed by atoms with E-state index in [1.807, 2.05) is 30.3 Å². The number of sulfone groups is 1. The standard InChI is InChI=1S/C23H22F3N3O4S/c1-3-34(31,32)18-9-10-21(33-15(2)23(24,25)26)19(11-18)22(30)28-12-16-13-29(27-20(16)14-28)17-7-5-4-6-8-17/h4-11,13,15H,3,12,14H2,1-2H3. The second kappa shape index (κ2) is 8.79. The number of fused-ring (bicyclic) bond motifs is 1. The minimum Gasteiger partial charge on any atom is -0.480 e. The molecule has 0 saturated heterocycles. The summed E-state index contributed by atoms with van der Waals surface area (Å²) in [6.07, 6.45) is -5.05. The largest absolute Gasteiger partial charge is 0.480 e. The molecule has 2 heterocycles. The number of halogens is 3. The van der Waals surface area contributed by atoms with Gasteiger partial charge in [0.05, 0.1) is 34.1 Å². The Morgan fingerprint density at radius 3 is 2.47 bits per heavy atom. The number of aromatic nitrogens is 2. The molecule has 7 nitrogen and oxygen atoms in total. The highest BCUT2D eigenvalue weighted by Gasteiger charge is 2.39. The van der Waals surface area contributed by atoms with Crippen molar-refractivity contribution in [2.45, 2.75) is 44.1 Å². The summed E-state index contributed by atoms with van der Waals surface area (Å²) in [5.74, 6) is -1.19. The fraction of sp³-hybridized carbons (Fsp3) is 0.304. The van der Waals surface area contributed by atoms with Crippen LogP contribution in [0.1, 0.15) is 35.5 Å². The van der Waals surface area contributed by atoms with Gasteiger partial charge in [-0.3, -0.25) is 4.79 Å². The Bertz CT molecular complexity index is 1300. The van der Waals surface area contributed by atoms with E-state index in [0.29, 0.717) is 5.69 Å². The number of nitrogens with zero attached hydrogens (tertiary/aromatic N) is 3. The van der Waals surface area contributed by atoms with E-state index < -0.39 is 28.0 Å². The van der Waals surface area contributed by atoms with Crippen molar-refractivity contribution in [1.29, 1.82) is 0 Å². The third-order valence-corrected chi connectivity index (χ3v) is 7.30. The van der Waals surface area contributed by atoms with E-state index in [-0.39, 0.29) is 35.1 Å². The smallest absolute Gasteiger partial charge is 0.425 e. The maximum absolute atomic E-state index is 13.3. The molecule has 180 valence electrons. The molecule has 4 rings (SSSR count). The minimum absolute atomic E-state index is 0.132. The molecule has 0 bridgehead atoms. The molecule has 0 saturated carbocycles. The van der Waals surface area contributed by atoms with Crippen LogP contribution in [-0.2, 0) is 22.9 Å². The van der Waals surface area contributed by atoms with Crippen molar-refractivity contribution in [1.82, 2.24) is 14.7 Å². The Morgan fingerprint density at radius 2 is 1.85 bits per heavy atom. The number of alkyl halides is 3. The maximum Gasteiger partial charge on any atom is 0.425 e. The van der Waals surface area contributed by atoms with Gasteiger partial charge in [0.1, 0.15) is 5.75 Å². The van der Waals surface area contributed by atoms with Crippen LogP contribution in [0.25, 0.3) is 5.69 Å². The average molecular weight is 494 g/mol. The van der Waals surface area contributed by atoms with Crippen molar-refractivity contribution in [3.05, 3.63) is 71.5 Å². The number of ether oxygens (including phenoxy) is 1. The van der Waals surface area contributed by atoms with Gasteiger partial charge in [-0.1, -0.05) is 25.1 Å². The Hall–Kier alpha value is -3.34. The highest BCUT2D eigenvalue weighted by Crippen LogP contribution is 2.32. The molecule has 1 aliphatic heterocycles. The van der Waals surface area contributed by atoms with Crippen molar-refractivity contribution in [3.8, 4) is 11.4 Å². The fourth-order valence-corrected chi connectivity index (χ4v) is 4.48. The molecule has 3 aromatic rings. The van der Waals surface area contributed by atoms with Crippen LogP contribution in [0.15, 0.2) is 59.6 Å². The molecule has 34 heavy (non-hydrogen) atoms. The molecule has 1 unspecified atom stereocenters. The number of carbonyl (C=O) groups is 1. The van der Waals surface area contributed by atoms with Gasteiger partial charge in [0.25, 0.3) is 5.91 Å². The van der Waals surface area contributed by atoms with Crippen LogP contribution in [-0.4, -0.2) is 47.0 Å². The normalized spacial score (nSPS) is 14.7. The van der Waals surface area contributed by atoms with Crippen LogP contribution in [0, 0.1) is 0 Å². The van der Waals surface area contributed by atoms with Gasteiger partial charge < -0.3 is 9.64 Å². The second-order valence-electron chi connectivity index (χ2n) is 7.91. The van der Waals surface area contributed by atoms with Crippen LogP contribution in [0.4, 0.5) is 13.2 Å². The zero-order valence-electron chi connectivity index (χ0n) is 18.4. The number of rotatable bonds is 6. The van der Waals surface area contributed by atoms with Gasteiger partial charge in [-0.15, -0.1) is 0 Å². The number of benzene rings is 2. The van der Waals surface area contributed by atoms with Crippen molar-refractivity contribution in [2.75, 3.05) is 5.75 Å². The highest BCUT2D eigenvalue weighted by molar-refractivity contribution is 7.91. The zero-order chi connectivity index (χ0) is 24.7. The van der Waals surface area contributed by atoms with E-state index in [9.17, 15) is 26.4 Å². The van der Waals surface area contributed by atoms with Gasteiger partial charge in [-0.25, -0.2) is 13.1 Å². The molecule has 2 aromatic carbocycles. The number of hydrogen-bond acceptors (Lipinski definition) is 5. The predicted octanol–water partition coefficient (Wildman–Crippen LogP) is 4.15. The lowest BCUT2D eigenvalue weighted by atomic mass is 10.1. The molecule has 1 aromatic heterocycles. The summed E-state index contributed by atoms with van der Waals surface area (Å²) in [5, 5.41) is 4.51. The average Bonchev–Trinajstić information content (AvgIpc) is 3.38. The number of hydrogen-bond donors (Lipinski definition) is 0. The fourth-order valence-electron chi connectivity index (χ4n) is 3.58. The Kier molecular flexibility index (Phi) is 6.15. The predicted molar refractivity (Wildman–Crippen MR) is 117 cm³/mol. The number of carbonyl (C=O) groups excluding carboxylic acids is 1. The third-order valence-electron chi connectivity index (χ3n) is 5.57. The number of amides is 1. The molecule has 0 spiro atoms. The first-order valence-corrected chi connectivity index (χ1v) is 12.2. The summed E-state index contributed by atoms with van der Waals surface area (Å²) >= 11 is 0. The van der Waals surface area contributed by atoms with Crippen LogP contribution >= 0.6 is 0 Å². The van der Waals surface area contributed by atoms with Gasteiger partial charge in [-0.2, -0.15) is 18.3 Å². The zero-order valence-corrected chi connectivity index (χ0v) is 19.2. The van der Waals surface area contributed by atoms with E-state index in [1.54, 1.807) is 10.9 Å². The first-order valence-electron chi connectivity index (χ1n) is 10.5. The first-order chi connectivity index (χ1) is 16.0. The van der Waals surface area contributed by atoms with Crippen LogP contribution in [0.5, 0.6) is 5.75 Å². The molecule has 1 aliphatic rings. The number of para-hydroxylation sites is 1. The van der Waals surface area contributed by atoms with Gasteiger partial charge in [0, 0.05) is 18.3 Å². The van der Waals surface area contributed by atoms with E-state index in [2.05, 4.69) is 5.10 Å². The van der Waals surface area contributed by atoms with E-state index >= 15 is 0 Å². The van der Waals surface area contributed by atoms with Gasteiger partial charge in [0.2, 0.25) is 0 Å². The third kappa shape index (κ3) is 4.65. The lowest BCUT2D eigenvalue weighted by molar-refractivity contribution is -0.189. The topological polar surface area (TPSA) is 81.5 Å². The second-order valence-corrected chi connectivity index (χ2v) is 10.2. The summed E-state index contributed by atoms with van der Waals surface area (Å²) in [6.45, 7) is 2.58. The molecule has 0 fully saturated rings. The maximum atomic E-state index is 13.3. The Morgan fingerprint density at radius 1 is 1.15 bits per heavy atom. The molecule has 0 N–H and O–H groups in total. The summed E-state index contributed by atoms with van der Waals surface area (Å²) in [7, 11) is -3.69. The van der Waals surface area contributed by atoms with Crippen LogP contribution in [0.2, 0.25) is 0 Å². The summed E-state index contributed by atoms with van der Waals surface area (Å²) in [4.78, 5) is 14.6. The lowest BCUT2D eigenvalue weighted by Gasteiger charge is -2.22. The van der Waals surface area contributed by atoms with Gasteiger partial charge in [-0.05, 0) is 37.3 Å². The molecular weight excluding hydrogens is 471 g/mol. The monoisotopic (exact) mass is 493 g/mol. The molecular formula is C23H22F3N3O4S. The quantitative estimate of drug-likeness (QED) is 0.515. The molecule has 1 atom stereocenters. The Balaban J connectivity index is 1.64. The van der Waals surface area contributed by atoms with Crippen molar-refractivity contribution in [2.24, 2.45) is 0 Å². The molecule has 0 radical (unpaired) electrons. The molecule has 0 aliphatic carbocycles. The van der Waals surface area contributed by atoms with E-state index in [0.717, 1.165) is 36.4 Å². The van der Waals surface area contributed by atoms with Crippen LogP contribution < -0.4 is 4.74 Å². The summed E-state index contributed by atoms with van der Waals surface area (Å²) in [5.41, 5.74) is 2.05. The van der Waals surface area contributed by atoms with E-state index in [4.69, 9.17) is 4.74 Å². The van der Waals surface area contributed by atoms with E-state index in [1.165, 1.54) is 11.8 Å². The summed E-state index contributed by atoms with van der Waals surface area (Å²) in [6, 6.07) is 12.7. The minimum atomic E-state index is -4.65. The molecule has 1 amide bonds. The van der Waals surface area contributed by atoms with Crippen molar-refractivity contribution >= 4 is 15.7 Å². The summed E-state index contributed by atoms with van der Waals surface area (Å²) < 4.78 is 70.7. The SMILES string of the molecule is CCS(=O)(=O)c1ccc(OC(C)C(F)(F)F)c(C(=O)N2Cc3cn(-c4ccccc4)nc3C2)c1. The lowest BCUT2D eigenvalue weighted by Crippen LogP contribution is -2.33. The Labute approximate surface area is 194 Å². The highest BCUT2D eigenvalue weighted by atomic mass is 32.2. The van der Waals surface area contributed by atoms with Gasteiger partial charge >= 0.3 is 6.18 Å². The van der Waals surface area contributed by atoms with Gasteiger partial charge in [0.15, 0.2) is 15.9 Å².